The molecule has 0 aliphatic carbocycles. The average molecular weight is 210 g/mol. The van der Waals surface area contributed by atoms with Gasteiger partial charge in [0.05, 0.1) is 23.8 Å². The maximum atomic E-state index is 5.16. The second-order valence-corrected chi connectivity index (χ2v) is 4.88. The lowest BCUT2D eigenvalue weighted by molar-refractivity contribution is 0.425. The minimum Gasteiger partial charge on any atom is -0.372 e. The molecule has 0 N–H and O–H groups in total. The van der Waals surface area contributed by atoms with Gasteiger partial charge in [-0.2, -0.15) is 0 Å². The van der Waals surface area contributed by atoms with Gasteiger partial charge in [-0.1, -0.05) is 16.9 Å². The van der Waals surface area contributed by atoms with Gasteiger partial charge in [0.1, 0.15) is 0 Å². The van der Waals surface area contributed by atoms with Gasteiger partial charge in [-0.05, 0) is 0 Å². The quantitative estimate of drug-likeness (QED) is 0.211. The van der Waals surface area contributed by atoms with Crippen molar-refractivity contribution in [1.29, 1.82) is 0 Å². The Balaban J connectivity index is 1.69. The third kappa shape index (κ3) is 5.93. The fourth-order valence-electron chi connectivity index (χ4n) is 0.383. The highest BCUT2D eigenvalue weighted by Gasteiger charge is 2.22. The van der Waals surface area contributed by atoms with Gasteiger partial charge in [0.2, 0.25) is 0 Å². The fourth-order valence-corrected chi connectivity index (χ4v) is 2.58. The summed E-state index contributed by atoms with van der Waals surface area (Å²) in [5, 5.41) is 0. The summed E-state index contributed by atoms with van der Waals surface area (Å²) >= 11 is 2.86. The first kappa shape index (κ1) is 9.80. The van der Waals surface area contributed by atoms with Crippen LogP contribution < -0.4 is 0 Å². The Hall–Kier alpha value is 0.710. The van der Waals surface area contributed by atoms with Gasteiger partial charge >= 0.3 is 0 Å². The molecule has 1 heterocycles. The summed E-state index contributed by atoms with van der Waals surface area (Å²) in [4.78, 5) is 0. The zero-order chi connectivity index (χ0) is 7.94. The second kappa shape index (κ2) is 6.25. The molecule has 5 heteroatoms. The zero-order valence-corrected chi connectivity index (χ0v) is 8.47. The van der Waals surface area contributed by atoms with E-state index in [-0.39, 0.29) is 0 Å². The molecule has 0 spiro atoms. The van der Waals surface area contributed by atoms with Crippen molar-refractivity contribution in [2.45, 2.75) is 6.10 Å². The summed E-state index contributed by atoms with van der Waals surface area (Å²) in [6.07, 6.45) is 2.31. The van der Waals surface area contributed by atoms with Gasteiger partial charge in [0.15, 0.2) is 0 Å². The van der Waals surface area contributed by atoms with Crippen molar-refractivity contribution in [3.05, 3.63) is 12.7 Å². The molecule has 1 unspecified atom stereocenters. The lowest BCUT2D eigenvalue weighted by Gasteiger charge is -1.95. The van der Waals surface area contributed by atoms with Gasteiger partial charge in [-0.25, -0.2) is 3.63 Å². The minimum atomic E-state index is 0.449. The molecule has 0 aromatic carbocycles. The lowest BCUT2D eigenvalue weighted by atomic mass is 10.6. The molecule has 2 nitrogen and oxygen atoms in total. The number of epoxide rings is 1. The first-order chi connectivity index (χ1) is 5.43. The topological polar surface area (TPSA) is 21.8 Å². The van der Waals surface area contributed by atoms with Crippen LogP contribution in [0.4, 0.5) is 0 Å². The molecule has 64 valence electrons. The smallest absolute Gasteiger partial charge is 0.0922 e. The third-order valence-corrected chi connectivity index (χ3v) is 3.75. The average Bonchev–Trinajstić information content (AvgIpc) is 2.80. The largest absolute Gasteiger partial charge is 0.372 e. The van der Waals surface area contributed by atoms with Crippen molar-refractivity contribution in [3.63, 3.8) is 0 Å². The molecule has 1 aliphatic heterocycles. The van der Waals surface area contributed by atoms with Crippen LogP contribution >= 0.6 is 33.9 Å². The summed E-state index contributed by atoms with van der Waals surface area (Å²) in [6, 6.07) is 0. The highest BCUT2D eigenvalue weighted by Crippen LogP contribution is 2.29. The van der Waals surface area contributed by atoms with Gasteiger partial charge < -0.3 is 4.74 Å². The second-order valence-electron chi connectivity index (χ2n) is 1.95. The maximum Gasteiger partial charge on any atom is 0.0922 e. The number of rotatable bonds is 7. The fraction of sp³-hybridized carbons (Fsp3) is 0.667. The summed E-state index contributed by atoms with van der Waals surface area (Å²) in [5.41, 5.74) is 0. The molecule has 1 rings (SSSR count). The van der Waals surface area contributed by atoms with Crippen molar-refractivity contribution in [2.75, 3.05) is 18.1 Å². The first-order valence-corrected chi connectivity index (χ1v) is 6.39. The summed E-state index contributed by atoms with van der Waals surface area (Å²) in [7, 11) is 1.64. The number of hydrogen-bond donors (Lipinski definition) is 0. The molecular weight excluding hydrogens is 200 g/mol. The van der Waals surface area contributed by atoms with Crippen molar-refractivity contribution < 1.29 is 8.37 Å². The SMILES string of the molecule is C=CCSSOSCC1CO1. The van der Waals surface area contributed by atoms with Crippen LogP contribution in [-0.4, -0.2) is 24.2 Å². The molecule has 0 aromatic heterocycles. The molecule has 1 atom stereocenters. The van der Waals surface area contributed by atoms with E-state index >= 15 is 0 Å². The molecule has 0 amide bonds. The molecular formula is C6H10O2S3. The van der Waals surface area contributed by atoms with Crippen molar-refractivity contribution in [3.8, 4) is 0 Å². The molecule has 1 aliphatic rings. The van der Waals surface area contributed by atoms with E-state index in [9.17, 15) is 0 Å². The lowest BCUT2D eigenvalue weighted by Crippen LogP contribution is -1.86. The Kier molecular flexibility index (Phi) is 5.57. The van der Waals surface area contributed by atoms with Crippen LogP contribution in [0.1, 0.15) is 0 Å². The molecule has 11 heavy (non-hydrogen) atoms. The van der Waals surface area contributed by atoms with E-state index in [2.05, 4.69) is 6.58 Å². The first-order valence-electron chi connectivity index (χ1n) is 3.23. The standard InChI is InChI=1S/C6H10O2S3/c1-2-3-10-11-8-9-5-6-4-7-6/h2,6H,1,3-5H2. The summed E-state index contributed by atoms with van der Waals surface area (Å²) in [6.45, 7) is 4.50. The van der Waals surface area contributed by atoms with Crippen LogP contribution in [0.3, 0.4) is 0 Å². The normalized spacial score (nSPS) is 21.6. The van der Waals surface area contributed by atoms with Gasteiger partial charge in [0.25, 0.3) is 0 Å². The van der Waals surface area contributed by atoms with Crippen LogP contribution in [0.25, 0.3) is 0 Å². The van der Waals surface area contributed by atoms with E-state index in [1.165, 1.54) is 23.1 Å². The predicted molar refractivity (Wildman–Crippen MR) is 53.5 cm³/mol. The minimum absolute atomic E-state index is 0.449. The van der Waals surface area contributed by atoms with Crippen molar-refractivity contribution in [1.82, 2.24) is 0 Å². The van der Waals surface area contributed by atoms with Gasteiger partial charge in [0, 0.05) is 23.5 Å². The maximum absolute atomic E-state index is 5.16. The van der Waals surface area contributed by atoms with E-state index in [0.29, 0.717) is 6.10 Å². The molecule has 0 saturated carbocycles. The van der Waals surface area contributed by atoms with Crippen molar-refractivity contribution in [2.24, 2.45) is 0 Å². The van der Waals surface area contributed by atoms with Crippen molar-refractivity contribution >= 4 is 33.9 Å². The molecule has 0 bridgehead atoms. The summed E-state index contributed by atoms with van der Waals surface area (Å²) in [5.74, 6) is 1.87. The van der Waals surface area contributed by atoms with Crippen LogP contribution in [0.5, 0.6) is 0 Å². The van der Waals surface area contributed by atoms with Gasteiger partial charge in [-0.15, -0.1) is 6.58 Å². The Morgan fingerprint density at radius 2 is 2.55 bits per heavy atom. The van der Waals surface area contributed by atoms with E-state index in [1.54, 1.807) is 10.8 Å². The summed E-state index contributed by atoms with van der Waals surface area (Å²) < 4.78 is 10.2. The van der Waals surface area contributed by atoms with E-state index in [1.807, 2.05) is 6.08 Å². The predicted octanol–water partition coefficient (Wildman–Crippen LogP) is 2.53. The van der Waals surface area contributed by atoms with Crippen LogP contribution in [0.2, 0.25) is 0 Å². The number of hydrogen-bond acceptors (Lipinski definition) is 5. The van der Waals surface area contributed by atoms with Crippen LogP contribution in [0, 0.1) is 0 Å². The third-order valence-electron chi connectivity index (χ3n) is 0.966. The van der Waals surface area contributed by atoms with Gasteiger partial charge in [-0.3, -0.25) is 0 Å². The molecule has 0 aromatic rings. The Morgan fingerprint density at radius 1 is 1.73 bits per heavy atom. The van der Waals surface area contributed by atoms with E-state index in [4.69, 9.17) is 8.37 Å². The molecule has 0 radical (unpaired) electrons. The zero-order valence-electron chi connectivity index (χ0n) is 6.02. The Morgan fingerprint density at radius 3 is 3.18 bits per heavy atom. The Bertz CT molecular complexity index is 116. The van der Waals surface area contributed by atoms with E-state index in [0.717, 1.165) is 18.1 Å². The number of ether oxygens (including phenoxy) is 1. The molecule has 1 saturated heterocycles. The van der Waals surface area contributed by atoms with E-state index < -0.39 is 0 Å². The molecule has 1 fully saturated rings. The Labute approximate surface area is 79.3 Å². The monoisotopic (exact) mass is 210 g/mol. The van der Waals surface area contributed by atoms with Crippen LogP contribution in [0.15, 0.2) is 12.7 Å². The van der Waals surface area contributed by atoms with Crippen LogP contribution in [-0.2, 0) is 8.37 Å². The highest BCUT2D eigenvalue weighted by molar-refractivity contribution is 8.75. The highest BCUT2D eigenvalue weighted by atomic mass is 33.1.